The van der Waals surface area contributed by atoms with E-state index in [1.807, 2.05) is 6.92 Å². The highest BCUT2D eigenvalue weighted by Gasteiger charge is 2.12. The number of nitrogens with one attached hydrogen (secondary N) is 2. The topological polar surface area (TPSA) is 78.4 Å². The summed E-state index contributed by atoms with van der Waals surface area (Å²) in [5.74, 6) is -0.109. The van der Waals surface area contributed by atoms with Crippen LogP contribution in [-0.2, 0) is 4.79 Å². The predicted octanol–water partition coefficient (Wildman–Crippen LogP) is 2.61. The first-order valence-electron chi connectivity index (χ1n) is 7.19. The quantitative estimate of drug-likeness (QED) is 0.535. The predicted molar refractivity (Wildman–Crippen MR) is 76.1 cm³/mol. The maximum Gasteiger partial charge on any atom is 0.314 e. The van der Waals surface area contributed by atoms with Gasteiger partial charge in [-0.1, -0.05) is 40.0 Å². The Morgan fingerprint density at radius 3 is 2.37 bits per heavy atom. The van der Waals surface area contributed by atoms with Crippen molar-refractivity contribution in [1.82, 2.24) is 10.6 Å². The minimum atomic E-state index is -0.817. The molecule has 0 aromatic rings. The highest BCUT2D eigenvalue weighted by molar-refractivity contribution is 5.73. The Hall–Kier alpha value is -1.26. The molecule has 0 aliphatic rings. The van der Waals surface area contributed by atoms with Crippen molar-refractivity contribution < 1.29 is 14.7 Å². The Morgan fingerprint density at radius 1 is 1.16 bits per heavy atom. The number of rotatable bonds is 10. The molecular weight excluding hydrogens is 244 g/mol. The molecule has 5 nitrogen and oxygen atoms in total. The van der Waals surface area contributed by atoms with E-state index in [1.165, 1.54) is 6.42 Å². The van der Waals surface area contributed by atoms with E-state index in [1.54, 1.807) is 0 Å². The highest BCUT2D eigenvalue weighted by atomic mass is 16.4. The summed E-state index contributed by atoms with van der Waals surface area (Å²) < 4.78 is 0. The fraction of sp³-hybridized carbons (Fsp3) is 0.857. The van der Waals surface area contributed by atoms with Crippen LogP contribution in [0, 0.1) is 11.8 Å². The molecule has 2 amide bonds. The number of amides is 2. The van der Waals surface area contributed by atoms with E-state index in [2.05, 4.69) is 24.5 Å². The van der Waals surface area contributed by atoms with Crippen molar-refractivity contribution in [3.63, 3.8) is 0 Å². The minimum absolute atomic E-state index is 0.00388. The lowest BCUT2D eigenvalue weighted by Crippen LogP contribution is -2.39. The zero-order chi connectivity index (χ0) is 14.7. The summed E-state index contributed by atoms with van der Waals surface area (Å²) >= 11 is 0. The molecule has 112 valence electrons. The van der Waals surface area contributed by atoms with Crippen LogP contribution in [0.4, 0.5) is 4.79 Å². The molecule has 5 heteroatoms. The molecule has 1 atom stereocenters. The summed E-state index contributed by atoms with van der Waals surface area (Å²) in [6, 6.07) is -0.201. The largest absolute Gasteiger partial charge is 0.481 e. The van der Waals surface area contributed by atoms with Crippen molar-refractivity contribution >= 4 is 12.0 Å². The third-order valence-electron chi connectivity index (χ3n) is 3.09. The molecule has 0 saturated heterocycles. The van der Waals surface area contributed by atoms with E-state index < -0.39 is 5.97 Å². The third kappa shape index (κ3) is 11.6. The smallest absolute Gasteiger partial charge is 0.314 e. The van der Waals surface area contributed by atoms with Crippen molar-refractivity contribution in [2.75, 3.05) is 13.1 Å². The van der Waals surface area contributed by atoms with Gasteiger partial charge in [0.15, 0.2) is 0 Å². The molecule has 0 rings (SSSR count). The molecule has 0 aliphatic carbocycles. The Bertz CT molecular complexity index is 267. The van der Waals surface area contributed by atoms with Crippen molar-refractivity contribution in [3.8, 4) is 0 Å². The number of hydrogen-bond donors (Lipinski definition) is 3. The summed E-state index contributed by atoms with van der Waals surface area (Å²) in [6.07, 6.45) is 4.14. The van der Waals surface area contributed by atoms with Gasteiger partial charge in [0, 0.05) is 19.5 Å². The second-order valence-electron chi connectivity index (χ2n) is 5.40. The molecule has 1 unspecified atom stereocenters. The van der Waals surface area contributed by atoms with Crippen molar-refractivity contribution in [1.29, 1.82) is 0 Å². The van der Waals surface area contributed by atoms with Gasteiger partial charge in [-0.2, -0.15) is 0 Å². The summed E-state index contributed by atoms with van der Waals surface area (Å²) in [5, 5.41) is 14.2. The van der Waals surface area contributed by atoms with Crippen LogP contribution in [0.5, 0.6) is 0 Å². The van der Waals surface area contributed by atoms with Crippen LogP contribution in [0.25, 0.3) is 0 Å². The molecule has 0 saturated carbocycles. The van der Waals surface area contributed by atoms with Gasteiger partial charge >= 0.3 is 12.0 Å². The zero-order valence-corrected chi connectivity index (χ0v) is 12.4. The van der Waals surface area contributed by atoms with Crippen LogP contribution in [0.3, 0.4) is 0 Å². The van der Waals surface area contributed by atoms with E-state index in [4.69, 9.17) is 5.11 Å². The minimum Gasteiger partial charge on any atom is -0.481 e. The first-order chi connectivity index (χ1) is 8.95. The highest BCUT2D eigenvalue weighted by Crippen LogP contribution is 2.06. The van der Waals surface area contributed by atoms with Crippen LogP contribution < -0.4 is 10.6 Å². The lowest BCUT2D eigenvalue weighted by Gasteiger charge is -2.14. The van der Waals surface area contributed by atoms with Gasteiger partial charge in [-0.25, -0.2) is 4.79 Å². The number of unbranched alkanes of at least 4 members (excludes halogenated alkanes) is 1. The number of carbonyl (C=O) groups is 2. The van der Waals surface area contributed by atoms with Crippen LogP contribution >= 0.6 is 0 Å². The number of carboxylic acid groups (broad SMARTS) is 1. The molecule has 0 heterocycles. The van der Waals surface area contributed by atoms with Crippen LogP contribution in [0.2, 0.25) is 0 Å². The molecule has 19 heavy (non-hydrogen) atoms. The van der Waals surface area contributed by atoms with E-state index in [-0.39, 0.29) is 18.4 Å². The molecular formula is C14H28N2O3. The third-order valence-corrected chi connectivity index (χ3v) is 3.09. The van der Waals surface area contributed by atoms with E-state index in [0.717, 1.165) is 19.3 Å². The SMILES string of the molecule is CCC(CNC(=O)NCCCCC(C)C)CC(=O)O. The molecule has 0 fully saturated rings. The molecule has 0 aromatic carbocycles. The molecule has 0 aliphatic heterocycles. The Labute approximate surface area is 116 Å². The van der Waals surface area contributed by atoms with Crippen LogP contribution in [-0.4, -0.2) is 30.2 Å². The second-order valence-corrected chi connectivity index (χ2v) is 5.40. The molecule has 0 bridgehead atoms. The van der Waals surface area contributed by atoms with E-state index in [0.29, 0.717) is 19.0 Å². The monoisotopic (exact) mass is 272 g/mol. The summed E-state index contributed by atoms with van der Waals surface area (Å²) in [4.78, 5) is 22.1. The summed E-state index contributed by atoms with van der Waals surface area (Å²) in [6.45, 7) is 7.40. The van der Waals surface area contributed by atoms with Crippen molar-refractivity contribution in [3.05, 3.63) is 0 Å². The number of aliphatic carboxylic acids is 1. The lowest BCUT2D eigenvalue weighted by molar-refractivity contribution is -0.138. The van der Waals surface area contributed by atoms with E-state index >= 15 is 0 Å². The molecule has 3 N–H and O–H groups in total. The summed E-state index contributed by atoms with van der Waals surface area (Å²) in [7, 11) is 0. The second kappa shape index (κ2) is 10.6. The average Bonchev–Trinajstić information content (AvgIpc) is 2.33. The van der Waals surface area contributed by atoms with Gasteiger partial charge in [0.25, 0.3) is 0 Å². The van der Waals surface area contributed by atoms with Gasteiger partial charge in [-0.05, 0) is 18.3 Å². The summed E-state index contributed by atoms with van der Waals surface area (Å²) in [5.41, 5.74) is 0. The Kier molecular flexibility index (Phi) is 9.94. The van der Waals surface area contributed by atoms with Gasteiger partial charge in [0.2, 0.25) is 0 Å². The molecule has 0 spiro atoms. The van der Waals surface area contributed by atoms with Gasteiger partial charge in [0.05, 0.1) is 0 Å². The zero-order valence-electron chi connectivity index (χ0n) is 12.4. The maximum atomic E-state index is 11.5. The standard InChI is InChI=1S/C14H28N2O3/c1-4-12(9-13(17)18)10-16-14(19)15-8-6-5-7-11(2)3/h11-12H,4-10H2,1-3H3,(H,17,18)(H2,15,16,19). The van der Waals surface area contributed by atoms with E-state index in [9.17, 15) is 9.59 Å². The lowest BCUT2D eigenvalue weighted by atomic mass is 10.0. The van der Waals surface area contributed by atoms with Crippen molar-refractivity contribution in [2.45, 2.75) is 52.9 Å². The van der Waals surface area contributed by atoms with Crippen LogP contribution in [0.15, 0.2) is 0 Å². The van der Waals surface area contributed by atoms with Gasteiger partial charge in [0.1, 0.15) is 0 Å². The Balaban J connectivity index is 3.60. The normalized spacial score (nSPS) is 12.2. The molecule has 0 aromatic heterocycles. The average molecular weight is 272 g/mol. The fourth-order valence-corrected chi connectivity index (χ4v) is 1.79. The fourth-order valence-electron chi connectivity index (χ4n) is 1.79. The van der Waals surface area contributed by atoms with Gasteiger partial charge in [-0.3, -0.25) is 4.79 Å². The first-order valence-corrected chi connectivity index (χ1v) is 7.19. The van der Waals surface area contributed by atoms with Gasteiger partial charge in [-0.15, -0.1) is 0 Å². The first kappa shape index (κ1) is 17.7. The number of hydrogen-bond acceptors (Lipinski definition) is 2. The van der Waals surface area contributed by atoms with Crippen LogP contribution in [0.1, 0.15) is 52.9 Å². The molecule has 0 radical (unpaired) electrons. The number of carboxylic acids is 1. The Morgan fingerprint density at radius 2 is 1.84 bits per heavy atom. The van der Waals surface area contributed by atoms with Crippen molar-refractivity contribution in [2.24, 2.45) is 11.8 Å². The number of carbonyl (C=O) groups excluding carboxylic acids is 1. The number of urea groups is 1. The van der Waals surface area contributed by atoms with Gasteiger partial charge < -0.3 is 15.7 Å². The maximum absolute atomic E-state index is 11.5.